The molecule has 2 amide bonds. The molecule has 1 aromatic carbocycles. The Balaban J connectivity index is 1.46. The van der Waals surface area contributed by atoms with Gasteiger partial charge in [-0.25, -0.2) is 0 Å². The molecule has 0 bridgehead atoms. The van der Waals surface area contributed by atoms with Gasteiger partial charge in [0.2, 0.25) is 11.8 Å². The summed E-state index contributed by atoms with van der Waals surface area (Å²) in [5.74, 6) is 0.340. The predicted octanol–water partition coefficient (Wildman–Crippen LogP) is 2.90. The maximum atomic E-state index is 12.5. The average Bonchev–Trinajstić information content (AvgIpc) is 2.93. The molecule has 2 aliphatic heterocycles. The summed E-state index contributed by atoms with van der Waals surface area (Å²) in [6.45, 7) is 6.42. The van der Waals surface area contributed by atoms with Gasteiger partial charge in [-0.3, -0.25) is 14.5 Å². The molecule has 5 heteroatoms. The van der Waals surface area contributed by atoms with Crippen molar-refractivity contribution >= 4 is 11.8 Å². The van der Waals surface area contributed by atoms with Gasteiger partial charge in [0.1, 0.15) is 0 Å². The molecule has 1 spiro atoms. The number of likely N-dealkylation sites (tertiary alicyclic amines) is 2. The topological polar surface area (TPSA) is 52.7 Å². The van der Waals surface area contributed by atoms with Crippen LogP contribution in [-0.4, -0.2) is 53.8 Å². The van der Waals surface area contributed by atoms with E-state index < -0.39 is 0 Å². The molecule has 5 nitrogen and oxygen atoms in total. The Kier molecular flexibility index (Phi) is 6.20. The SMILES string of the molecule is CCCc1ccc(C(C)NC(=O)CN2CCC3(CCC(=O)N3C)CC2)cc1. The average molecular weight is 372 g/mol. The van der Waals surface area contributed by atoms with Crippen LogP contribution >= 0.6 is 0 Å². The maximum Gasteiger partial charge on any atom is 0.234 e. The Bertz CT molecular complexity index is 663. The normalized spacial score (nSPS) is 20.9. The van der Waals surface area contributed by atoms with E-state index >= 15 is 0 Å². The second kappa shape index (κ2) is 8.42. The number of carbonyl (C=O) groups excluding carboxylic acids is 2. The van der Waals surface area contributed by atoms with Crippen LogP contribution in [0.5, 0.6) is 0 Å². The van der Waals surface area contributed by atoms with Crippen molar-refractivity contribution in [1.82, 2.24) is 15.1 Å². The number of rotatable bonds is 6. The van der Waals surface area contributed by atoms with Crippen molar-refractivity contribution in [3.05, 3.63) is 35.4 Å². The zero-order valence-corrected chi connectivity index (χ0v) is 17.0. The van der Waals surface area contributed by atoms with E-state index in [-0.39, 0.29) is 23.4 Å². The third kappa shape index (κ3) is 4.52. The number of hydrogen-bond donors (Lipinski definition) is 1. The number of carbonyl (C=O) groups is 2. The zero-order chi connectivity index (χ0) is 19.4. The van der Waals surface area contributed by atoms with Gasteiger partial charge in [-0.15, -0.1) is 0 Å². The standard InChI is InChI=1S/C22H33N3O2/c1-4-5-18-6-8-19(9-7-18)17(2)23-20(26)16-25-14-12-22(13-15-25)11-10-21(27)24(22)3/h6-9,17H,4-5,10-16H2,1-3H3,(H,23,26). The molecule has 1 atom stereocenters. The Hall–Kier alpha value is -1.88. The number of hydrogen-bond acceptors (Lipinski definition) is 3. The molecular formula is C22H33N3O2. The molecule has 0 aliphatic carbocycles. The van der Waals surface area contributed by atoms with Gasteiger partial charge in [0.15, 0.2) is 0 Å². The fraction of sp³-hybridized carbons (Fsp3) is 0.636. The first-order chi connectivity index (χ1) is 12.9. The molecule has 0 saturated carbocycles. The Morgan fingerprint density at radius 2 is 1.85 bits per heavy atom. The highest BCUT2D eigenvalue weighted by Crippen LogP contribution is 2.37. The van der Waals surface area contributed by atoms with Crippen LogP contribution < -0.4 is 5.32 Å². The van der Waals surface area contributed by atoms with Gasteiger partial charge in [-0.1, -0.05) is 37.6 Å². The third-order valence-corrected chi connectivity index (χ3v) is 6.44. The summed E-state index contributed by atoms with van der Waals surface area (Å²) in [6, 6.07) is 8.57. The van der Waals surface area contributed by atoms with E-state index in [1.165, 1.54) is 5.56 Å². The fourth-order valence-electron chi connectivity index (χ4n) is 4.49. The monoisotopic (exact) mass is 371 g/mol. The summed E-state index contributed by atoms with van der Waals surface area (Å²) < 4.78 is 0. The van der Waals surface area contributed by atoms with Gasteiger partial charge in [-0.2, -0.15) is 0 Å². The summed E-state index contributed by atoms with van der Waals surface area (Å²) in [5, 5.41) is 3.13. The second-order valence-corrected chi connectivity index (χ2v) is 8.23. The van der Waals surface area contributed by atoms with Crippen molar-refractivity contribution in [3.63, 3.8) is 0 Å². The zero-order valence-electron chi connectivity index (χ0n) is 17.0. The quantitative estimate of drug-likeness (QED) is 0.837. The second-order valence-electron chi connectivity index (χ2n) is 8.23. The van der Waals surface area contributed by atoms with Crippen LogP contribution in [0, 0.1) is 0 Å². The molecule has 2 aliphatic rings. The Morgan fingerprint density at radius 3 is 2.41 bits per heavy atom. The highest BCUT2D eigenvalue weighted by Gasteiger charge is 2.44. The minimum atomic E-state index is 0.0166. The summed E-state index contributed by atoms with van der Waals surface area (Å²) in [4.78, 5) is 28.5. The summed E-state index contributed by atoms with van der Waals surface area (Å²) in [7, 11) is 1.94. The number of nitrogens with zero attached hydrogens (tertiary/aromatic N) is 2. The predicted molar refractivity (Wildman–Crippen MR) is 107 cm³/mol. The van der Waals surface area contributed by atoms with Crippen LogP contribution in [0.25, 0.3) is 0 Å². The van der Waals surface area contributed by atoms with Gasteiger partial charge in [0, 0.05) is 32.1 Å². The van der Waals surface area contributed by atoms with Crippen molar-refractivity contribution in [2.24, 2.45) is 0 Å². The molecule has 0 radical (unpaired) electrons. The highest BCUT2D eigenvalue weighted by atomic mass is 16.2. The summed E-state index contributed by atoms with van der Waals surface area (Å²) >= 11 is 0. The van der Waals surface area contributed by atoms with Gasteiger partial charge in [-0.05, 0) is 43.7 Å². The van der Waals surface area contributed by atoms with Gasteiger partial charge < -0.3 is 10.2 Å². The van der Waals surface area contributed by atoms with Crippen molar-refractivity contribution in [1.29, 1.82) is 0 Å². The molecule has 2 saturated heterocycles. The van der Waals surface area contributed by atoms with Crippen molar-refractivity contribution < 1.29 is 9.59 Å². The molecular weight excluding hydrogens is 338 g/mol. The molecule has 3 rings (SSSR count). The lowest BCUT2D eigenvalue weighted by Crippen LogP contribution is -2.53. The first-order valence-electron chi connectivity index (χ1n) is 10.3. The number of nitrogens with one attached hydrogen (secondary N) is 1. The van der Waals surface area contributed by atoms with E-state index in [2.05, 4.69) is 41.4 Å². The van der Waals surface area contributed by atoms with E-state index in [0.29, 0.717) is 13.0 Å². The van der Waals surface area contributed by atoms with Gasteiger partial charge in [0.05, 0.1) is 12.6 Å². The third-order valence-electron chi connectivity index (χ3n) is 6.44. The van der Waals surface area contributed by atoms with Gasteiger partial charge in [0.25, 0.3) is 0 Å². The maximum absolute atomic E-state index is 12.5. The Morgan fingerprint density at radius 1 is 1.19 bits per heavy atom. The van der Waals surface area contributed by atoms with Crippen molar-refractivity contribution in [2.45, 2.75) is 64.0 Å². The molecule has 1 aromatic rings. The molecule has 1 unspecified atom stereocenters. The van der Waals surface area contributed by atoms with E-state index in [0.717, 1.165) is 50.8 Å². The lowest BCUT2D eigenvalue weighted by atomic mass is 9.85. The minimum Gasteiger partial charge on any atom is -0.348 e. The molecule has 1 N–H and O–H groups in total. The molecule has 2 heterocycles. The molecule has 27 heavy (non-hydrogen) atoms. The number of piperidine rings is 1. The fourth-order valence-corrected chi connectivity index (χ4v) is 4.49. The highest BCUT2D eigenvalue weighted by molar-refractivity contribution is 5.79. The van der Waals surface area contributed by atoms with Crippen molar-refractivity contribution in [3.8, 4) is 0 Å². The van der Waals surface area contributed by atoms with Crippen LogP contribution in [0.2, 0.25) is 0 Å². The smallest absolute Gasteiger partial charge is 0.234 e. The summed E-state index contributed by atoms with van der Waals surface area (Å²) in [5.41, 5.74) is 2.53. The summed E-state index contributed by atoms with van der Waals surface area (Å²) in [6.07, 6.45) is 5.82. The lowest BCUT2D eigenvalue weighted by Gasteiger charge is -2.43. The van der Waals surface area contributed by atoms with E-state index in [9.17, 15) is 9.59 Å². The first-order valence-corrected chi connectivity index (χ1v) is 10.3. The van der Waals surface area contributed by atoms with Gasteiger partial charge >= 0.3 is 0 Å². The van der Waals surface area contributed by atoms with Crippen LogP contribution in [0.15, 0.2) is 24.3 Å². The number of amides is 2. The molecule has 2 fully saturated rings. The lowest BCUT2D eigenvalue weighted by molar-refractivity contribution is -0.131. The molecule has 148 valence electrons. The largest absolute Gasteiger partial charge is 0.348 e. The van der Waals surface area contributed by atoms with Crippen LogP contribution in [0.3, 0.4) is 0 Å². The molecule has 0 aromatic heterocycles. The van der Waals surface area contributed by atoms with E-state index in [4.69, 9.17) is 0 Å². The minimum absolute atomic E-state index is 0.0166. The number of benzene rings is 1. The van der Waals surface area contributed by atoms with Crippen molar-refractivity contribution in [2.75, 3.05) is 26.7 Å². The van der Waals surface area contributed by atoms with E-state index in [1.54, 1.807) is 0 Å². The Labute approximate surface area is 163 Å². The van der Waals surface area contributed by atoms with Crippen LogP contribution in [-0.2, 0) is 16.0 Å². The van der Waals surface area contributed by atoms with E-state index in [1.807, 2.05) is 18.9 Å². The van der Waals surface area contributed by atoms with Crippen LogP contribution in [0.4, 0.5) is 0 Å². The first kappa shape index (κ1) is 19.9. The number of aryl methyl sites for hydroxylation is 1. The van der Waals surface area contributed by atoms with Crippen LogP contribution in [0.1, 0.15) is 63.1 Å².